The zero-order chi connectivity index (χ0) is 19.5. The number of esters is 1. The quantitative estimate of drug-likeness (QED) is 0.706. The van der Waals surface area contributed by atoms with Gasteiger partial charge in [-0.15, -0.1) is 10.2 Å². The number of methoxy groups -OCH3 is 1. The van der Waals surface area contributed by atoms with Crippen LogP contribution in [0.25, 0.3) is 0 Å². The average Bonchev–Trinajstić information content (AvgIpc) is 3.20. The SMILES string of the molecule is COC(=O)[C@@H]1C(c2nn[nH]n2)CCN1C(=O)[C@H](C)NC(=O)OC(C)(C)C. The first-order chi connectivity index (χ1) is 12.1. The number of hydrogen-bond donors (Lipinski definition) is 2. The highest BCUT2D eigenvalue weighted by molar-refractivity contribution is 5.90. The summed E-state index contributed by atoms with van der Waals surface area (Å²) in [5.41, 5.74) is -0.682. The normalized spacial score (nSPS) is 21.2. The maximum Gasteiger partial charge on any atom is 0.408 e. The minimum absolute atomic E-state index is 0.304. The van der Waals surface area contributed by atoms with Crippen molar-refractivity contribution in [1.82, 2.24) is 30.8 Å². The van der Waals surface area contributed by atoms with Crippen LogP contribution in [0.15, 0.2) is 0 Å². The zero-order valence-electron chi connectivity index (χ0n) is 15.5. The van der Waals surface area contributed by atoms with E-state index in [2.05, 4.69) is 25.9 Å². The molecule has 0 aliphatic carbocycles. The number of ether oxygens (including phenoxy) is 2. The van der Waals surface area contributed by atoms with Crippen LogP contribution < -0.4 is 5.32 Å². The van der Waals surface area contributed by atoms with Gasteiger partial charge in [-0.05, 0) is 34.1 Å². The summed E-state index contributed by atoms with van der Waals surface area (Å²) in [6.07, 6.45) is -0.230. The molecule has 1 unspecified atom stereocenters. The van der Waals surface area contributed by atoms with Crippen LogP contribution >= 0.6 is 0 Å². The number of likely N-dealkylation sites (tertiary alicyclic amines) is 1. The van der Waals surface area contributed by atoms with Crippen molar-refractivity contribution in [2.75, 3.05) is 13.7 Å². The Bertz CT molecular complexity index is 656. The molecule has 2 rings (SSSR count). The van der Waals surface area contributed by atoms with Crippen LogP contribution in [0.2, 0.25) is 0 Å². The van der Waals surface area contributed by atoms with E-state index in [1.54, 1.807) is 20.8 Å². The smallest absolute Gasteiger partial charge is 0.408 e. The largest absolute Gasteiger partial charge is 0.467 e. The van der Waals surface area contributed by atoms with Crippen LogP contribution in [-0.4, -0.2) is 74.8 Å². The summed E-state index contributed by atoms with van der Waals surface area (Å²) in [5, 5.41) is 16.1. The van der Waals surface area contributed by atoms with Gasteiger partial charge in [-0.2, -0.15) is 5.21 Å². The molecule has 11 heteroatoms. The van der Waals surface area contributed by atoms with Crippen LogP contribution in [0.4, 0.5) is 4.79 Å². The molecule has 3 atom stereocenters. The number of amides is 2. The third kappa shape index (κ3) is 4.46. The van der Waals surface area contributed by atoms with E-state index in [0.717, 1.165) is 0 Å². The Morgan fingerprint density at radius 1 is 1.35 bits per heavy atom. The van der Waals surface area contributed by atoms with Gasteiger partial charge >= 0.3 is 12.1 Å². The van der Waals surface area contributed by atoms with Crippen LogP contribution in [0.3, 0.4) is 0 Å². The predicted octanol–water partition coefficient (Wildman–Crippen LogP) is -0.0296. The molecule has 26 heavy (non-hydrogen) atoms. The summed E-state index contributed by atoms with van der Waals surface area (Å²) in [4.78, 5) is 38.3. The van der Waals surface area contributed by atoms with Crippen molar-refractivity contribution in [2.24, 2.45) is 0 Å². The minimum atomic E-state index is -0.881. The number of carbonyl (C=O) groups is 3. The van der Waals surface area contributed by atoms with E-state index in [9.17, 15) is 14.4 Å². The Morgan fingerprint density at radius 3 is 2.58 bits per heavy atom. The van der Waals surface area contributed by atoms with Gasteiger partial charge in [0, 0.05) is 6.54 Å². The van der Waals surface area contributed by atoms with E-state index < -0.39 is 41.6 Å². The van der Waals surface area contributed by atoms with Gasteiger partial charge in [-0.25, -0.2) is 9.59 Å². The molecular formula is C15H24N6O5. The average molecular weight is 368 g/mol. The van der Waals surface area contributed by atoms with Crippen LogP contribution in [0.1, 0.15) is 45.9 Å². The summed E-state index contributed by atoms with van der Waals surface area (Å²) < 4.78 is 9.99. The second-order valence-corrected chi connectivity index (χ2v) is 7.03. The lowest BCUT2D eigenvalue weighted by Gasteiger charge is -2.28. The van der Waals surface area contributed by atoms with Crippen molar-refractivity contribution in [3.63, 3.8) is 0 Å². The van der Waals surface area contributed by atoms with Gasteiger partial charge in [0.1, 0.15) is 17.7 Å². The van der Waals surface area contributed by atoms with E-state index in [-0.39, 0.29) is 0 Å². The third-order valence-corrected chi connectivity index (χ3v) is 3.92. The maximum absolute atomic E-state index is 12.8. The standard InChI is InChI=1S/C15H24N6O5/c1-8(16-14(24)26-15(2,3)4)12(22)21-7-6-9(10(21)13(23)25-5)11-17-19-20-18-11/h8-10H,6-7H2,1-5H3,(H,16,24)(H,17,18,19,20)/t8-,9?,10-/m0/s1. The lowest BCUT2D eigenvalue weighted by molar-refractivity contribution is -0.152. The van der Waals surface area contributed by atoms with Gasteiger partial charge in [0.2, 0.25) is 5.91 Å². The Balaban J connectivity index is 2.11. The highest BCUT2D eigenvalue weighted by Gasteiger charge is 2.46. The Hall–Kier alpha value is -2.72. The summed E-state index contributed by atoms with van der Waals surface area (Å²) in [5.74, 6) is -1.09. The number of rotatable bonds is 4. The zero-order valence-corrected chi connectivity index (χ0v) is 15.5. The van der Waals surface area contributed by atoms with E-state index in [0.29, 0.717) is 18.8 Å². The maximum atomic E-state index is 12.8. The Morgan fingerprint density at radius 2 is 2.04 bits per heavy atom. The second kappa shape index (κ2) is 7.67. The lowest BCUT2D eigenvalue weighted by atomic mass is 9.99. The fraction of sp³-hybridized carbons (Fsp3) is 0.733. The van der Waals surface area contributed by atoms with Gasteiger partial charge < -0.3 is 19.7 Å². The number of aromatic amines is 1. The first-order valence-corrected chi connectivity index (χ1v) is 8.25. The minimum Gasteiger partial charge on any atom is -0.467 e. The van der Waals surface area contributed by atoms with Gasteiger partial charge in [-0.3, -0.25) is 4.79 Å². The van der Waals surface area contributed by atoms with E-state index >= 15 is 0 Å². The number of H-pyrrole nitrogens is 1. The fourth-order valence-electron chi connectivity index (χ4n) is 2.84. The Kier molecular flexibility index (Phi) is 5.78. The Labute approximate surface area is 150 Å². The number of carbonyl (C=O) groups excluding carboxylic acids is 3. The third-order valence-electron chi connectivity index (χ3n) is 3.92. The van der Waals surface area contributed by atoms with E-state index in [4.69, 9.17) is 9.47 Å². The number of hydrogen-bond acceptors (Lipinski definition) is 8. The van der Waals surface area contributed by atoms with Gasteiger partial charge in [0.05, 0.1) is 13.0 Å². The number of tetrazole rings is 1. The summed E-state index contributed by atoms with van der Waals surface area (Å²) in [6.45, 7) is 7.01. The molecule has 1 saturated heterocycles. The van der Waals surface area contributed by atoms with Crippen molar-refractivity contribution >= 4 is 18.0 Å². The number of nitrogens with one attached hydrogen (secondary N) is 2. The molecule has 2 amide bonds. The molecule has 0 bridgehead atoms. The second-order valence-electron chi connectivity index (χ2n) is 7.03. The summed E-state index contributed by atoms with van der Waals surface area (Å²) in [6, 6.07) is -1.76. The fourth-order valence-corrected chi connectivity index (χ4v) is 2.84. The molecule has 1 fully saturated rings. The number of aromatic nitrogens is 4. The highest BCUT2D eigenvalue weighted by atomic mass is 16.6. The first kappa shape index (κ1) is 19.6. The molecule has 0 spiro atoms. The van der Waals surface area contributed by atoms with E-state index in [1.165, 1.54) is 18.9 Å². The van der Waals surface area contributed by atoms with Crippen molar-refractivity contribution in [2.45, 2.75) is 57.7 Å². The van der Waals surface area contributed by atoms with Gasteiger partial charge in [0.25, 0.3) is 0 Å². The monoisotopic (exact) mass is 368 g/mol. The van der Waals surface area contributed by atoms with Crippen LogP contribution in [-0.2, 0) is 19.1 Å². The predicted molar refractivity (Wildman–Crippen MR) is 87.9 cm³/mol. The number of nitrogens with zero attached hydrogens (tertiary/aromatic N) is 4. The number of alkyl carbamates (subject to hydrolysis) is 1. The molecule has 0 saturated carbocycles. The van der Waals surface area contributed by atoms with Gasteiger partial charge in [-0.1, -0.05) is 5.21 Å². The first-order valence-electron chi connectivity index (χ1n) is 8.25. The van der Waals surface area contributed by atoms with Gasteiger partial charge in [0.15, 0.2) is 5.82 Å². The summed E-state index contributed by atoms with van der Waals surface area (Å²) in [7, 11) is 1.25. The highest BCUT2D eigenvalue weighted by Crippen LogP contribution is 2.32. The lowest BCUT2D eigenvalue weighted by Crippen LogP contribution is -2.52. The molecule has 0 aromatic carbocycles. The van der Waals surface area contributed by atoms with E-state index in [1.807, 2.05) is 0 Å². The van der Waals surface area contributed by atoms with Crippen molar-refractivity contribution < 1.29 is 23.9 Å². The molecule has 1 aliphatic heterocycles. The molecule has 1 aromatic heterocycles. The van der Waals surface area contributed by atoms with Crippen molar-refractivity contribution in [3.8, 4) is 0 Å². The molecule has 2 heterocycles. The molecule has 1 aliphatic rings. The topological polar surface area (TPSA) is 139 Å². The van der Waals surface area contributed by atoms with Crippen LogP contribution in [0.5, 0.6) is 0 Å². The summed E-state index contributed by atoms with van der Waals surface area (Å²) >= 11 is 0. The van der Waals surface area contributed by atoms with Crippen molar-refractivity contribution in [3.05, 3.63) is 5.82 Å². The molecular weight excluding hydrogens is 344 g/mol. The molecule has 144 valence electrons. The van der Waals surface area contributed by atoms with Crippen molar-refractivity contribution in [1.29, 1.82) is 0 Å². The molecule has 11 nitrogen and oxygen atoms in total. The molecule has 1 aromatic rings. The van der Waals surface area contributed by atoms with Crippen LogP contribution in [0, 0.1) is 0 Å². The molecule has 2 N–H and O–H groups in total. The molecule has 0 radical (unpaired) electrons.